The van der Waals surface area contributed by atoms with Crippen LogP contribution in [0.15, 0.2) is 30.6 Å². The summed E-state index contributed by atoms with van der Waals surface area (Å²) in [7, 11) is 1.97. The van der Waals surface area contributed by atoms with Crippen LogP contribution in [-0.2, 0) is 31.2 Å². The lowest BCUT2D eigenvalue weighted by atomic mass is 10.1. The van der Waals surface area contributed by atoms with Crippen molar-refractivity contribution in [2.24, 2.45) is 7.05 Å². The average Bonchev–Trinajstić information content (AvgIpc) is 2.82. The molecule has 1 amide bonds. The Morgan fingerprint density at radius 3 is 2.85 bits per heavy atom. The zero-order chi connectivity index (χ0) is 14.1. The van der Waals surface area contributed by atoms with Crippen LogP contribution in [0.3, 0.4) is 0 Å². The smallest absolute Gasteiger partial charge is 0.227 e. The van der Waals surface area contributed by atoms with Crippen LogP contribution in [0.5, 0.6) is 0 Å². The number of amides is 1. The fourth-order valence-electron chi connectivity index (χ4n) is 2.52. The molecule has 0 N–H and O–H groups in total. The first kappa shape index (κ1) is 13.2. The van der Waals surface area contributed by atoms with Crippen LogP contribution < -0.4 is 0 Å². The highest BCUT2D eigenvalue weighted by atomic mass is 35.5. The number of hydrogen-bond acceptors (Lipinski definition) is 2. The first-order valence-corrected chi connectivity index (χ1v) is 7.02. The van der Waals surface area contributed by atoms with Gasteiger partial charge in [-0.15, -0.1) is 0 Å². The van der Waals surface area contributed by atoms with Crippen LogP contribution in [0.1, 0.15) is 17.0 Å². The van der Waals surface area contributed by atoms with Crippen LogP contribution in [0.4, 0.5) is 0 Å². The van der Waals surface area contributed by atoms with Crippen molar-refractivity contribution in [3.8, 4) is 0 Å². The van der Waals surface area contributed by atoms with Crippen molar-refractivity contribution < 1.29 is 4.79 Å². The molecule has 0 aliphatic carbocycles. The summed E-state index contributed by atoms with van der Waals surface area (Å²) in [5.74, 6) is 0.152. The van der Waals surface area contributed by atoms with E-state index in [9.17, 15) is 4.79 Å². The maximum absolute atomic E-state index is 12.4. The Morgan fingerprint density at radius 1 is 1.35 bits per heavy atom. The molecule has 0 saturated heterocycles. The molecule has 0 spiro atoms. The summed E-state index contributed by atoms with van der Waals surface area (Å²) >= 11 is 5.85. The minimum absolute atomic E-state index is 0.152. The predicted octanol–water partition coefficient (Wildman–Crippen LogP) is 2.20. The number of nitrogens with zero attached hydrogens (tertiary/aromatic N) is 3. The molecule has 1 aliphatic heterocycles. The Hall–Kier alpha value is -1.81. The van der Waals surface area contributed by atoms with Gasteiger partial charge in [-0.05, 0) is 17.7 Å². The Bertz CT molecular complexity index is 633. The summed E-state index contributed by atoms with van der Waals surface area (Å²) in [5.41, 5.74) is 3.25. The van der Waals surface area contributed by atoms with Gasteiger partial charge in [0.1, 0.15) is 0 Å². The van der Waals surface area contributed by atoms with Gasteiger partial charge in [0.15, 0.2) is 0 Å². The number of imidazole rings is 1. The normalized spacial score (nSPS) is 14.2. The van der Waals surface area contributed by atoms with Crippen LogP contribution in [0.2, 0.25) is 5.02 Å². The monoisotopic (exact) mass is 289 g/mol. The number of carbonyl (C=O) groups excluding carboxylic acids is 1. The van der Waals surface area contributed by atoms with Crippen molar-refractivity contribution in [2.75, 3.05) is 6.54 Å². The zero-order valence-corrected chi connectivity index (χ0v) is 12.1. The molecule has 20 heavy (non-hydrogen) atoms. The van der Waals surface area contributed by atoms with E-state index in [4.69, 9.17) is 11.6 Å². The van der Waals surface area contributed by atoms with Gasteiger partial charge in [-0.25, -0.2) is 4.98 Å². The number of rotatable bonds is 2. The second-order valence-electron chi connectivity index (χ2n) is 5.12. The van der Waals surface area contributed by atoms with Crippen LogP contribution in [0, 0.1) is 0 Å². The molecule has 2 heterocycles. The first-order chi connectivity index (χ1) is 9.63. The van der Waals surface area contributed by atoms with Gasteiger partial charge in [-0.1, -0.05) is 23.7 Å². The number of carbonyl (C=O) groups is 1. The lowest BCUT2D eigenvalue weighted by molar-refractivity contribution is -0.131. The van der Waals surface area contributed by atoms with E-state index < -0.39 is 0 Å². The molecule has 0 unspecified atom stereocenters. The minimum Gasteiger partial charge on any atom is -0.336 e. The van der Waals surface area contributed by atoms with E-state index in [1.54, 1.807) is 0 Å². The van der Waals surface area contributed by atoms with Gasteiger partial charge in [-0.2, -0.15) is 0 Å². The van der Waals surface area contributed by atoms with E-state index in [2.05, 4.69) is 4.98 Å². The Morgan fingerprint density at radius 2 is 2.10 bits per heavy atom. The lowest BCUT2D eigenvalue weighted by Crippen LogP contribution is -2.37. The Kier molecular flexibility index (Phi) is 3.49. The molecule has 4 nitrogen and oxygen atoms in total. The number of benzene rings is 1. The van der Waals surface area contributed by atoms with Gasteiger partial charge >= 0.3 is 0 Å². The highest BCUT2D eigenvalue weighted by Gasteiger charge is 2.23. The molecule has 0 radical (unpaired) electrons. The molecule has 0 fully saturated rings. The third-order valence-electron chi connectivity index (χ3n) is 3.73. The van der Waals surface area contributed by atoms with Crippen molar-refractivity contribution in [1.82, 2.24) is 14.5 Å². The summed E-state index contributed by atoms with van der Waals surface area (Å²) in [6.45, 7) is 1.40. The summed E-state index contributed by atoms with van der Waals surface area (Å²) in [4.78, 5) is 18.6. The van der Waals surface area contributed by atoms with E-state index >= 15 is 0 Å². The van der Waals surface area contributed by atoms with Crippen LogP contribution in [-0.4, -0.2) is 26.9 Å². The fraction of sp³-hybridized carbons (Fsp3) is 0.333. The number of hydrogen-bond donors (Lipinski definition) is 0. The zero-order valence-electron chi connectivity index (χ0n) is 11.3. The number of aromatic nitrogens is 2. The van der Waals surface area contributed by atoms with Gasteiger partial charge in [0, 0.05) is 25.0 Å². The first-order valence-electron chi connectivity index (χ1n) is 6.65. The minimum atomic E-state index is 0.152. The fourth-order valence-corrected chi connectivity index (χ4v) is 2.64. The second kappa shape index (κ2) is 5.29. The maximum atomic E-state index is 12.4. The van der Waals surface area contributed by atoms with E-state index in [0.717, 1.165) is 29.9 Å². The van der Waals surface area contributed by atoms with Gasteiger partial charge < -0.3 is 9.47 Å². The average molecular weight is 290 g/mol. The van der Waals surface area contributed by atoms with Gasteiger partial charge in [0.2, 0.25) is 5.91 Å². The van der Waals surface area contributed by atoms with E-state index in [-0.39, 0.29) is 5.91 Å². The number of halogens is 1. The van der Waals surface area contributed by atoms with Gasteiger partial charge in [-0.3, -0.25) is 4.79 Å². The molecule has 1 aliphatic rings. The molecule has 1 aromatic heterocycles. The van der Waals surface area contributed by atoms with Crippen LogP contribution in [0.25, 0.3) is 0 Å². The molecule has 0 atom stereocenters. The molecule has 3 rings (SSSR count). The topological polar surface area (TPSA) is 38.1 Å². The highest BCUT2D eigenvalue weighted by Crippen LogP contribution is 2.18. The lowest BCUT2D eigenvalue weighted by Gasteiger charge is -2.27. The van der Waals surface area contributed by atoms with Gasteiger partial charge in [0.25, 0.3) is 0 Å². The largest absolute Gasteiger partial charge is 0.336 e. The predicted molar refractivity (Wildman–Crippen MR) is 77.5 cm³/mol. The Balaban J connectivity index is 1.70. The third-order valence-corrected chi connectivity index (χ3v) is 3.98. The molecule has 5 heteroatoms. The van der Waals surface area contributed by atoms with Gasteiger partial charge in [0.05, 0.1) is 30.7 Å². The molecule has 104 valence electrons. The quantitative estimate of drug-likeness (QED) is 0.850. The van der Waals surface area contributed by atoms with E-state index in [1.807, 2.05) is 47.1 Å². The molecular formula is C15H16ClN3O. The van der Waals surface area contributed by atoms with E-state index in [1.165, 1.54) is 0 Å². The van der Waals surface area contributed by atoms with Crippen molar-refractivity contribution in [2.45, 2.75) is 19.4 Å². The maximum Gasteiger partial charge on any atom is 0.227 e. The van der Waals surface area contributed by atoms with Crippen molar-refractivity contribution >= 4 is 17.5 Å². The third kappa shape index (κ3) is 2.56. The molecule has 0 saturated carbocycles. The number of aryl methyl sites for hydroxylation is 1. The summed E-state index contributed by atoms with van der Waals surface area (Å²) < 4.78 is 2.00. The van der Waals surface area contributed by atoms with E-state index in [0.29, 0.717) is 18.0 Å². The molecule has 0 bridgehead atoms. The summed E-state index contributed by atoms with van der Waals surface area (Å²) in [6.07, 6.45) is 3.07. The SMILES string of the molecule is Cn1cnc2c1CN(C(=O)Cc1ccc(Cl)cc1)CC2. The van der Waals surface area contributed by atoms with Crippen molar-refractivity contribution in [3.63, 3.8) is 0 Å². The number of fused-ring (bicyclic) bond motifs is 1. The molecule has 2 aromatic rings. The van der Waals surface area contributed by atoms with Crippen molar-refractivity contribution in [1.29, 1.82) is 0 Å². The standard InChI is InChI=1S/C15H16ClN3O/c1-18-10-17-13-6-7-19(9-14(13)18)15(20)8-11-2-4-12(16)5-3-11/h2-5,10H,6-9H2,1H3. The summed E-state index contributed by atoms with van der Waals surface area (Å²) in [5, 5.41) is 0.693. The van der Waals surface area contributed by atoms with Crippen molar-refractivity contribution in [3.05, 3.63) is 52.6 Å². The molecule has 1 aromatic carbocycles. The highest BCUT2D eigenvalue weighted by molar-refractivity contribution is 6.30. The summed E-state index contributed by atoms with van der Waals surface area (Å²) in [6, 6.07) is 7.44. The Labute approximate surface area is 123 Å². The molecular weight excluding hydrogens is 274 g/mol. The van der Waals surface area contributed by atoms with Crippen LogP contribution >= 0.6 is 11.6 Å². The second-order valence-corrected chi connectivity index (χ2v) is 5.55.